The lowest BCUT2D eigenvalue weighted by molar-refractivity contribution is -0.121. The Morgan fingerprint density at radius 3 is 1.64 bits per heavy atom. The van der Waals surface area contributed by atoms with Crippen molar-refractivity contribution in [1.82, 2.24) is 4.90 Å². The van der Waals surface area contributed by atoms with E-state index in [0.29, 0.717) is 18.4 Å². The molecule has 0 aromatic heterocycles. The molecule has 0 atom stereocenters. The average molecular weight is 680 g/mol. The number of allylic oxidation sites excluding steroid dienone is 4. The van der Waals surface area contributed by atoms with Crippen molar-refractivity contribution in [1.29, 1.82) is 0 Å². The first kappa shape index (κ1) is 29.3. The summed E-state index contributed by atoms with van der Waals surface area (Å²) >= 11 is 0. The van der Waals surface area contributed by atoms with Crippen LogP contribution in [0.15, 0.2) is 133 Å². The highest BCUT2D eigenvalue weighted by Gasteiger charge is 2.39. The van der Waals surface area contributed by atoms with Gasteiger partial charge < -0.3 is 0 Å². The highest BCUT2D eigenvalue weighted by atomic mass is 16.2. The summed E-state index contributed by atoms with van der Waals surface area (Å²) in [5.41, 5.74) is 15.5. The molecule has 3 heteroatoms. The minimum atomic E-state index is -0.187. The van der Waals surface area contributed by atoms with E-state index in [4.69, 9.17) is 0 Å². The number of nitrogens with zero attached hydrogens (tertiary/aromatic N) is 1. The van der Waals surface area contributed by atoms with Crippen LogP contribution >= 0.6 is 0 Å². The Labute approximate surface area is 306 Å². The number of aryl methyl sites for hydroxylation is 2. The van der Waals surface area contributed by atoms with Crippen LogP contribution in [0.2, 0.25) is 0 Å². The Morgan fingerprint density at radius 2 is 1.02 bits per heavy atom. The zero-order valence-electron chi connectivity index (χ0n) is 29.1. The largest absolute Gasteiger partial charge is 0.269 e. The van der Waals surface area contributed by atoms with E-state index in [0.717, 1.165) is 47.6 Å². The van der Waals surface area contributed by atoms with Gasteiger partial charge in [0.25, 0.3) is 11.8 Å². The van der Waals surface area contributed by atoms with E-state index in [-0.39, 0.29) is 11.8 Å². The molecule has 0 fully saturated rings. The Bertz CT molecular complexity index is 3070. The Kier molecular flexibility index (Phi) is 5.86. The van der Waals surface area contributed by atoms with Gasteiger partial charge in [-0.3, -0.25) is 9.59 Å². The number of benzene rings is 7. The van der Waals surface area contributed by atoms with E-state index in [1.165, 1.54) is 92.7 Å². The molecule has 1 aliphatic heterocycles. The molecular formula is C50H33NO2. The fraction of sp³-hybridized carbons (Fsp3) is 0.120. The summed E-state index contributed by atoms with van der Waals surface area (Å²) in [6.07, 6.45) is 10.8. The van der Waals surface area contributed by atoms with E-state index in [9.17, 15) is 9.59 Å². The van der Waals surface area contributed by atoms with Gasteiger partial charge in [-0.2, -0.15) is 0 Å². The van der Waals surface area contributed by atoms with Crippen LogP contribution in [0.5, 0.6) is 0 Å². The van der Waals surface area contributed by atoms with Crippen molar-refractivity contribution in [2.45, 2.75) is 38.5 Å². The second-order valence-corrected chi connectivity index (χ2v) is 15.1. The number of fused-ring (bicyclic) bond motifs is 6. The minimum Gasteiger partial charge on any atom is -0.269 e. The van der Waals surface area contributed by atoms with Gasteiger partial charge in [0.1, 0.15) is 0 Å². The van der Waals surface area contributed by atoms with Crippen LogP contribution in [-0.2, 0) is 17.6 Å². The molecule has 5 aliphatic rings. The molecule has 7 aromatic rings. The van der Waals surface area contributed by atoms with Crippen LogP contribution in [0.4, 0.5) is 0 Å². The third kappa shape index (κ3) is 3.74. The van der Waals surface area contributed by atoms with Crippen molar-refractivity contribution in [3.8, 4) is 33.4 Å². The summed E-state index contributed by atoms with van der Waals surface area (Å²) in [7, 11) is 0. The number of carbonyl (C=O) groups excluding carboxylic acids is 2. The highest BCUT2D eigenvalue weighted by Crippen LogP contribution is 2.53. The van der Waals surface area contributed by atoms with E-state index in [1.807, 2.05) is 18.2 Å². The first-order valence-corrected chi connectivity index (χ1v) is 18.9. The van der Waals surface area contributed by atoms with Gasteiger partial charge in [0.2, 0.25) is 0 Å². The fourth-order valence-corrected chi connectivity index (χ4v) is 10.6. The molecule has 4 aliphatic carbocycles. The van der Waals surface area contributed by atoms with Crippen LogP contribution in [0.25, 0.3) is 76.8 Å². The third-order valence-corrected chi connectivity index (χ3v) is 12.6. The number of amides is 2. The van der Waals surface area contributed by atoms with Crippen LogP contribution in [0, 0.1) is 0 Å². The molecular weight excluding hydrogens is 647 g/mol. The summed E-state index contributed by atoms with van der Waals surface area (Å²) in [6, 6.07) is 39.8. The number of carbonyl (C=O) groups is 2. The molecule has 0 unspecified atom stereocenters. The SMILES string of the molecule is O=C1C2=c3c(ccc4c5c6c7c(ccc6c(c34)CC2)-c2c(c(-c3ccccc3)c3ccccc3c2-c2ccccc2)C=7CC5)C(=O)N1C1=CC=CCC1. The van der Waals surface area contributed by atoms with E-state index >= 15 is 0 Å². The van der Waals surface area contributed by atoms with Gasteiger partial charge >= 0.3 is 0 Å². The van der Waals surface area contributed by atoms with Gasteiger partial charge in [0, 0.05) is 22.1 Å². The maximum atomic E-state index is 14.2. The molecule has 0 bridgehead atoms. The van der Waals surface area contributed by atoms with Gasteiger partial charge in [0.15, 0.2) is 0 Å². The number of imide groups is 1. The summed E-state index contributed by atoms with van der Waals surface area (Å²) < 4.78 is 0. The molecule has 0 saturated heterocycles. The molecule has 2 amide bonds. The van der Waals surface area contributed by atoms with E-state index < -0.39 is 0 Å². The predicted molar refractivity (Wildman–Crippen MR) is 215 cm³/mol. The van der Waals surface area contributed by atoms with Gasteiger partial charge in [0.05, 0.1) is 0 Å². The molecule has 250 valence electrons. The van der Waals surface area contributed by atoms with Gasteiger partial charge in [-0.25, -0.2) is 4.90 Å². The molecule has 3 nitrogen and oxygen atoms in total. The van der Waals surface area contributed by atoms with Crippen LogP contribution < -0.4 is 10.4 Å². The summed E-state index contributed by atoms with van der Waals surface area (Å²) in [5, 5.41) is 9.80. The molecule has 7 aromatic carbocycles. The first-order valence-electron chi connectivity index (χ1n) is 18.9. The minimum absolute atomic E-state index is 0.134. The third-order valence-electron chi connectivity index (χ3n) is 12.6. The van der Waals surface area contributed by atoms with Crippen molar-refractivity contribution < 1.29 is 9.59 Å². The summed E-state index contributed by atoms with van der Waals surface area (Å²) in [4.78, 5) is 29.8. The Morgan fingerprint density at radius 1 is 0.453 bits per heavy atom. The number of hydrogen-bond donors (Lipinski definition) is 0. The summed E-state index contributed by atoms with van der Waals surface area (Å²) in [6.45, 7) is 0. The fourth-order valence-electron chi connectivity index (χ4n) is 10.6. The molecule has 0 spiro atoms. The molecule has 0 N–H and O–H groups in total. The molecule has 0 radical (unpaired) electrons. The topological polar surface area (TPSA) is 37.4 Å². The first-order chi connectivity index (χ1) is 26.2. The Hall–Kier alpha value is -6.32. The second-order valence-electron chi connectivity index (χ2n) is 15.1. The maximum absolute atomic E-state index is 14.2. The standard InChI is InChI=1S/C50H33NO2/c52-49-39-26-22-35-33-20-24-37-45-38(25-21-34(43(33)45)36-23-27-40(46(39)44(35)36)50(53)51(49)30-16-8-3-9-17-30)48-42(29-14-6-2-7-15-29)32-19-11-10-18-31(32)41(47(37)48)28-12-4-1-5-13-28/h1-8,10-16,18-20,23-24,27H,9,17,21-22,25-26H2. The lowest BCUT2D eigenvalue weighted by Gasteiger charge is -2.33. The van der Waals surface area contributed by atoms with Crippen LogP contribution in [-0.4, -0.2) is 16.7 Å². The van der Waals surface area contributed by atoms with Gasteiger partial charge in [-0.1, -0.05) is 115 Å². The molecule has 1 heterocycles. The van der Waals surface area contributed by atoms with E-state index in [2.05, 4.69) is 109 Å². The normalized spacial score (nSPS) is 16.6. The van der Waals surface area contributed by atoms with Crippen LogP contribution in [0.3, 0.4) is 0 Å². The predicted octanol–water partition coefficient (Wildman–Crippen LogP) is 9.92. The maximum Gasteiger partial charge on any atom is 0.265 e. The van der Waals surface area contributed by atoms with Gasteiger partial charge in [-0.15, -0.1) is 0 Å². The van der Waals surface area contributed by atoms with Crippen molar-refractivity contribution in [3.63, 3.8) is 0 Å². The average Bonchev–Trinajstić information content (AvgIpc) is 3.55. The zero-order valence-corrected chi connectivity index (χ0v) is 29.1. The van der Waals surface area contributed by atoms with Crippen molar-refractivity contribution in [2.75, 3.05) is 0 Å². The van der Waals surface area contributed by atoms with Crippen molar-refractivity contribution in [2.24, 2.45) is 0 Å². The molecule has 53 heavy (non-hydrogen) atoms. The lowest BCUT2D eigenvalue weighted by Crippen LogP contribution is -2.46. The summed E-state index contributed by atoms with van der Waals surface area (Å²) in [5.74, 6) is -0.322. The molecule has 0 saturated carbocycles. The van der Waals surface area contributed by atoms with Crippen molar-refractivity contribution in [3.05, 3.63) is 166 Å². The monoisotopic (exact) mass is 679 g/mol. The number of hydrogen-bond acceptors (Lipinski definition) is 2. The van der Waals surface area contributed by atoms with Gasteiger partial charge in [-0.05, 0) is 144 Å². The lowest BCUT2D eigenvalue weighted by atomic mass is 9.77. The Balaban J connectivity index is 1.21. The van der Waals surface area contributed by atoms with E-state index in [1.54, 1.807) is 0 Å². The highest BCUT2D eigenvalue weighted by molar-refractivity contribution is 6.29. The zero-order chi connectivity index (χ0) is 34.9. The number of rotatable bonds is 3. The van der Waals surface area contributed by atoms with Crippen molar-refractivity contribution >= 4 is 55.3 Å². The second kappa shape index (κ2) is 10.6. The quantitative estimate of drug-likeness (QED) is 0.138. The van der Waals surface area contributed by atoms with Crippen LogP contribution in [0.1, 0.15) is 52.7 Å². The smallest absolute Gasteiger partial charge is 0.265 e. The molecule has 12 rings (SSSR count).